The Morgan fingerprint density at radius 3 is 2.48 bits per heavy atom. The minimum Gasteiger partial charge on any atom is -0.292 e. The molecule has 1 saturated heterocycles. The summed E-state index contributed by atoms with van der Waals surface area (Å²) in [6.45, 7) is 3.61. The molecule has 0 atom stereocenters. The van der Waals surface area contributed by atoms with Gasteiger partial charge in [-0.25, -0.2) is 0 Å². The van der Waals surface area contributed by atoms with E-state index < -0.39 is 11.1 Å². The first-order valence-electron chi connectivity index (χ1n) is 8.25. The van der Waals surface area contributed by atoms with E-state index in [4.69, 9.17) is 5.26 Å². The van der Waals surface area contributed by atoms with Gasteiger partial charge in [-0.2, -0.15) is 5.26 Å². The summed E-state index contributed by atoms with van der Waals surface area (Å²) >= 11 is 0.836. The second kappa shape index (κ2) is 7.60. The van der Waals surface area contributed by atoms with Crippen molar-refractivity contribution in [3.8, 4) is 6.07 Å². The number of benzene rings is 2. The number of aryl methyl sites for hydroxylation is 2. The van der Waals surface area contributed by atoms with Gasteiger partial charge in [0, 0.05) is 5.56 Å². The molecule has 2 aromatic carbocycles. The number of Topliss-reactive ketones (excluding diaryl/α,β-unsaturated/α-hetero) is 1. The van der Waals surface area contributed by atoms with Gasteiger partial charge in [-0.05, 0) is 54.9 Å². The summed E-state index contributed by atoms with van der Waals surface area (Å²) in [5.74, 6) is -0.818. The number of carbonyl (C=O) groups excluding carboxylic acids is 3. The van der Waals surface area contributed by atoms with Crippen molar-refractivity contribution in [2.45, 2.75) is 13.8 Å². The molecular weight excluding hydrogens is 360 g/mol. The van der Waals surface area contributed by atoms with Crippen molar-refractivity contribution in [3.63, 3.8) is 0 Å². The molecule has 1 aliphatic rings. The Labute approximate surface area is 161 Å². The fraction of sp³-hybridized carbons (Fsp3) is 0.143. The van der Waals surface area contributed by atoms with Crippen LogP contribution in [0.25, 0.3) is 6.08 Å². The van der Waals surface area contributed by atoms with E-state index in [-0.39, 0.29) is 12.3 Å². The van der Waals surface area contributed by atoms with Gasteiger partial charge in [-0.15, -0.1) is 0 Å². The summed E-state index contributed by atoms with van der Waals surface area (Å²) in [6.07, 6.45) is 1.69. The molecule has 0 unspecified atom stereocenters. The van der Waals surface area contributed by atoms with Gasteiger partial charge in [0.25, 0.3) is 11.1 Å². The Balaban J connectivity index is 1.78. The van der Waals surface area contributed by atoms with E-state index in [1.54, 1.807) is 6.08 Å². The van der Waals surface area contributed by atoms with Crippen LogP contribution in [0.2, 0.25) is 0 Å². The maximum atomic E-state index is 12.6. The van der Waals surface area contributed by atoms with Gasteiger partial charge in [-0.3, -0.25) is 19.3 Å². The molecule has 6 heteroatoms. The van der Waals surface area contributed by atoms with Crippen LogP contribution in [0.5, 0.6) is 0 Å². The van der Waals surface area contributed by atoms with Crippen LogP contribution in [0.4, 0.5) is 4.79 Å². The van der Waals surface area contributed by atoms with E-state index in [2.05, 4.69) is 0 Å². The first kappa shape index (κ1) is 18.6. The predicted octanol–water partition coefficient (Wildman–Crippen LogP) is 4.09. The normalized spacial score (nSPS) is 15.3. The molecule has 3 rings (SSSR count). The highest BCUT2D eigenvalue weighted by Gasteiger charge is 2.36. The molecule has 0 saturated carbocycles. The molecule has 1 aliphatic heterocycles. The lowest BCUT2D eigenvalue weighted by Crippen LogP contribution is -2.33. The molecule has 0 radical (unpaired) electrons. The van der Waals surface area contributed by atoms with E-state index in [1.165, 1.54) is 24.3 Å². The van der Waals surface area contributed by atoms with Crippen LogP contribution in [-0.2, 0) is 4.79 Å². The molecule has 2 amide bonds. The van der Waals surface area contributed by atoms with Gasteiger partial charge in [0.15, 0.2) is 5.78 Å². The van der Waals surface area contributed by atoms with Crippen LogP contribution in [0, 0.1) is 25.2 Å². The molecule has 27 heavy (non-hydrogen) atoms. The average Bonchev–Trinajstić information content (AvgIpc) is 2.91. The predicted molar refractivity (Wildman–Crippen MR) is 104 cm³/mol. The summed E-state index contributed by atoms with van der Waals surface area (Å²) in [6, 6.07) is 13.9. The van der Waals surface area contributed by atoms with E-state index >= 15 is 0 Å². The SMILES string of the molecule is Cc1ccc(/C=C2/SC(=O)N(CC(=O)c3ccc(C#N)cc3)C2=O)c(C)c1. The lowest BCUT2D eigenvalue weighted by atomic mass is 10.1. The van der Waals surface area contributed by atoms with Crippen LogP contribution in [-0.4, -0.2) is 28.4 Å². The highest BCUT2D eigenvalue weighted by Crippen LogP contribution is 2.32. The van der Waals surface area contributed by atoms with Crippen molar-refractivity contribution in [2.75, 3.05) is 6.54 Å². The van der Waals surface area contributed by atoms with Crippen LogP contribution in [0.1, 0.15) is 32.6 Å². The van der Waals surface area contributed by atoms with Gasteiger partial charge in [0.2, 0.25) is 0 Å². The van der Waals surface area contributed by atoms with Crippen molar-refractivity contribution < 1.29 is 14.4 Å². The first-order valence-corrected chi connectivity index (χ1v) is 9.06. The zero-order valence-electron chi connectivity index (χ0n) is 14.9. The maximum absolute atomic E-state index is 12.6. The van der Waals surface area contributed by atoms with Crippen molar-refractivity contribution >= 4 is 34.8 Å². The second-order valence-electron chi connectivity index (χ2n) is 6.24. The number of nitrogens with zero attached hydrogens (tertiary/aromatic N) is 2. The zero-order valence-corrected chi connectivity index (χ0v) is 15.7. The molecular formula is C21H16N2O3S. The first-order chi connectivity index (χ1) is 12.9. The number of ketones is 1. The molecule has 134 valence electrons. The maximum Gasteiger partial charge on any atom is 0.293 e. The number of carbonyl (C=O) groups is 3. The third-order valence-electron chi connectivity index (χ3n) is 4.22. The summed E-state index contributed by atoms with van der Waals surface area (Å²) in [4.78, 5) is 38.5. The second-order valence-corrected chi connectivity index (χ2v) is 7.23. The smallest absolute Gasteiger partial charge is 0.292 e. The van der Waals surface area contributed by atoms with Gasteiger partial charge >= 0.3 is 0 Å². The molecule has 1 heterocycles. The van der Waals surface area contributed by atoms with Crippen LogP contribution in [0.15, 0.2) is 47.4 Å². The summed E-state index contributed by atoms with van der Waals surface area (Å²) < 4.78 is 0. The molecule has 0 aromatic heterocycles. The number of hydrogen-bond donors (Lipinski definition) is 0. The Morgan fingerprint density at radius 2 is 1.85 bits per heavy atom. The molecule has 0 spiro atoms. The topological polar surface area (TPSA) is 78.2 Å². The number of amides is 2. The number of hydrogen-bond acceptors (Lipinski definition) is 5. The Bertz CT molecular complexity index is 1020. The van der Waals surface area contributed by atoms with Crippen LogP contribution >= 0.6 is 11.8 Å². The van der Waals surface area contributed by atoms with E-state index in [1.807, 2.05) is 38.1 Å². The minimum absolute atomic E-state index is 0.305. The van der Waals surface area contributed by atoms with Gasteiger partial charge in [0.05, 0.1) is 23.1 Å². The largest absolute Gasteiger partial charge is 0.293 e. The fourth-order valence-electron chi connectivity index (χ4n) is 2.73. The molecule has 5 nitrogen and oxygen atoms in total. The van der Waals surface area contributed by atoms with E-state index in [0.717, 1.165) is 33.4 Å². The fourth-order valence-corrected chi connectivity index (χ4v) is 3.56. The number of imide groups is 1. The lowest BCUT2D eigenvalue weighted by molar-refractivity contribution is -0.122. The third-order valence-corrected chi connectivity index (χ3v) is 5.13. The van der Waals surface area contributed by atoms with Crippen LogP contribution in [0.3, 0.4) is 0 Å². The molecule has 2 aromatic rings. The summed E-state index contributed by atoms with van der Waals surface area (Å²) in [7, 11) is 0. The van der Waals surface area contributed by atoms with Crippen molar-refractivity contribution in [2.24, 2.45) is 0 Å². The molecule has 0 bridgehead atoms. The average molecular weight is 376 g/mol. The number of nitriles is 1. The third kappa shape index (κ3) is 3.99. The Kier molecular flexibility index (Phi) is 5.24. The van der Waals surface area contributed by atoms with Crippen molar-refractivity contribution in [1.29, 1.82) is 5.26 Å². The monoisotopic (exact) mass is 376 g/mol. The van der Waals surface area contributed by atoms with Gasteiger partial charge in [-0.1, -0.05) is 35.9 Å². The van der Waals surface area contributed by atoms with Gasteiger partial charge < -0.3 is 0 Å². The highest BCUT2D eigenvalue weighted by molar-refractivity contribution is 8.18. The molecule has 0 N–H and O–H groups in total. The van der Waals surface area contributed by atoms with E-state index in [9.17, 15) is 14.4 Å². The minimum atomic E-state index is -0.466. The highest BCUT2D eigenvalue weighted by atomic mass is 32.2. The van der Waals surface area contributed by atoms with Gasteiger partial charge in [0.1, 0.15) is 0 Å². The lowest BCUT2D eigenvalue weighted by Gasteiger charge is -2.11. The Hall–Kier alpha value is -3.17. The van der Waals surface area contributed by atoms with Crippen molar-refractivity contribution in [1.82, 2.24) is 4.90 Å². The van der Waals surface area contributed by atoms with E-state index in [0.29, 0.717) is 16.0 Å². The summed E-state index contributed by atoms with van der Waals surface area (Å²) in [5, 5.41) is 8.35. The number of rotatable bonds is 4. The zero-order chi connectivity index (χ0) is 19.6. The quantitative estimate of drug-likeness (QED) is 0.593. The van der Waals surface area contributed by atoms with Crippen molar-refractivity contribution in [3.05, 3.63) is 75.2 Å². The molecule has 1 fully saturated rings. The standard InChI is InChI=1S/C21H16N2O3S/c1-13-3-6-17(14(2)9-13)10-19-20(25)23(21(26)27-19)12-18(24)16-7-4-15(11-22)5-8-16/h3-10H,12H2,1-2H3/b19-10+. The summed E-state index contributed by atoms with van der Waals surface area (Å²) in [5.41, 5.74) is 3.78. The van der Waals surface area contributed by atoms with Crippen LogP contribution < -0.4 is 0 Å². The Morgan fingerprint density at radius 1 is 1.15 bits per heavy atom. The molecule has 0 aliphatic carbocycles. The number of thioether (sulfide) groups is 1.